The molecule has 1 aromatic carbocycles. The lowest BCUT2D eigenvalue weighted by atomic mass is 10.1. The van der Waals surface area contributed by atoms with Crippen molar-refractivity contribution in [3.8, 4) is 5.75 Å². The van der Waals surface area contributed by atoms with Crippen molar-refractivity contribution in [3.63, 3.8) is 0 Å². The first-order valence-electron chi connectivity index (χ1n) is 10.7. The Balaban J connectivity index is 2.22. The van der Waals surface area contributed by atoms with Crippen LogP contribution in [0.1, 0.15) is 84.0 Å². The summed E-state index contributed by atoms with van der Waals surface area (Å²) in [4.78, 5) is 0.407. The molecule has 0 saturated carbocycles. The minimum Gasteiger partial charge on any atom is -0.494 e. The van der Waals surface area contributed by atoms with Gasteiger partial charge in [0, 0.05) is 0 Å². The van der Waals surface area contributed by atoms with Crippen LogP contribution in [-0.2, 0) is 9.84 Å². The number of rotatable bonds is 17. The van der Waals surface area contributed by atoms with Gasteiger partial charge >= 0.3 is 0 Å². The molecule has 0 saturated heterocycles. The summed E-state index contributed by atoms with van der Waals surface area (Å²) in [7, 11) is -3.18. The summed E-state index contributed by atoms with van der Waals surface area (Å²) in [5, 5.41) is 0. The molecule has 3 nitrogen and oxygen atoms in total. The van der Waals surface area contributed by atoms with Crippen LogP contribution in [0.5, 0.6) is 5.75 Å². The maximum absolute atomic E-state index is 12.4. The van der Waals surface area contributed by atoms with E-state index in [1.54, 1.807) is 24.3 Å². The van der Waals surface area contributed by atoms with Gasteiger partial charge in [0.15, 0.2) is 9.84 Å². The predicted octanol–water partition coefficient (Wildman–Crippen LogP) is 6.47. The molecule has 0 amide bonds. The maximum Gasteiger partial charge on any atom is 0.178 e. The van der Waals surface area contributed by atoms with E-state index in [0.717, 1.165) is 50.0 Å². The molecule has 0 bridgehead atoms. The molecule has 1 rings (SSSR count). The van der Waals surface area contributed by atoms with Gasteiger partial charge < -0.3 is 4.74 Å². The van der Waals surface area contributed by atoms with Crippen molar-refractivity contribution < 1.29 is 13.2 Å². The number of unbranched alkanes of at least 4 members (excludes halogenated alkanes) is 10. The van der Waals surface area contributed by atoms with Crippen molar-refractivity contribution in [2.75, 3.05) is 18.1 Å². The largest absolute Gasteiger partial charge is 0.494 e. The zero-order valence-electron chi connectivity index (χ0n) is 17.0. The van der Waals surface area contributed by atoms with Crippen LogP contribution in [0.15, 0.2) is 29.2 Å². The second-order valence-electron chi connectivity index (χ2n) is 7.25. The maximum atomic E-state index is 12.4. The summed E-state index contributed by atoms with van der Waals surface area (Å²) < 4.78 is 30.5. The Hall–Kier alpha value is -0.680. The molecule has 0 fully saturated rings. The van der Waals surface area contributed by atoms with E-state index < -0.39 is 9.84 Å². The van der Waals surface area contributed by atoms with Crippen molar-refractivity contribution >= 4 is 22.5 Å². The molecule has 5 heteroatoms. The number of ether oxygens (including phenoxy) is 1. The fourth-order valence-electron chi connectivity index (χ4n) is 3.04. The lowest BCUT2D eigenvalue weighted by Crippen LogP contribution is -2.07. The molecule has 0 N–H and O–H groups in total. The summed E-state index contributed by atoms with van der Waals surface area (Å²) in [6.45, 7) is 2.89. The Labute approximate surface area is 172 Å². The van der Waals surface area contributed by atoms with Crippen LogP contribution in [0.3, 0.4) is 0 Å². The monoisotopic (exact) mass is 414 g/mol. The fraction of sp³-hybridized carbons (Fsp3) is 0.727. The van der Waals surface area contributed by atoms with Gasteiger partial charge in [-0.1, -0.05) is 58.3 Å². The van der Waals surface area contributed by atoms with Gasteiger partial charge in [-0.15, -0.1) is 0 Å². The number of benzene rings is 1. The van der Waals surface area contributed by atoms with Gasteiger partial charge in [-0.3, -0.25) is 0 Å². The van der Waals surface area contributed by atoms with Crippen LogP contribution in [0.25, 0.3) is 0 Å². The van der Waals surface area contributed by atoms with Crippen LogP contribution in [0.4, 0.5) is 0 Å². The van der Waals surface area contributed by atoms with E-state index in [2.05, 4.69) is 19.6 Å². The van der Waals surface area contributed by atoms with E-state index in [0.29, 0.717) is 11.5 Å². The van der Waals surface area contributed by atoms with Gasteiger partial charge in [-0.25, -0.2) is 8.42 Å². The molecule has 27 heavy (non-hydrogen) atoms. The van der Waals surface area contributed by atoms with Crippen LogP contribution in [0.2, 0.25) is 0 Å². The zero-order chi connectivity index (χ0) is 19.8. The average molecular weight is 415 g/mol. The highest BCUT2D eigenvalue weighted by Crippen LogP contribution is 2.19. The van der Waals surface area contributed by atoms with Gasteiger partial charge in [-0.2, -0.15) is 12.6 Å². The second-order valence-corrected chi connectivity index (χ2v) is 9.81. The third-order valence-corrected chi connectivity index (χ3v) is 6.90. The molecule has 156 valence electrons. The van der Waals surface area contributed by atoms with Crippen molar-refractivity contribution in [2.24, 2.45) is 0 Å². The van der Waals surface area contributed by atoms with Gasteiger partial charge in [0.2, 0.25) is 0 Å². The first-order valence-corrected chi connectivity index (χ1v) is 12.9. The lowest BCUT2D eigenvalue weighted by Gasteiger charge is -2.08. The molecule has 0 aromatic heterocycles. The normalized spacial score (nSPS) is 11.6. The quantitative estimate of drug-likeness (QED) is 0.235. The lowest BCUT2D eigenvalue weighted by molar-refractivity contribution is 0.306. The standard InChI is InChI=1S/C22H38O3S2/c1-2-3-4-5-6-7-8-9-13-20-27(23,24)22-16-14-21(15-17-22)25-18-11-10-12-19-26/h14-17,26H,2-13,18-20H2,1H3. The molecular formula is C22H38O3S2. The molecule has 0 heterocycles. The summed E-state index contributed by atoms with van der Waals surface area (Å²) in [6.07, 6.45) is 13.9. The van der Waals surface area contributed by atoms with Crippen molar-refractivity contribution in [2.45, 2.75) is 88.9 Å². The third kappa shape index (κ3) is 11.7. The van der Waals surface area contributed by atoms with E-state index in [1.165, 1.54) is 38.5 Å². The highest BCUT2D eigenvalue weighted by atomic mass is 32.2. The Morgan fingerprint density at radius 3 is 1.93 bits per heavy atom. The van der Waals surface area contributed by atoms with E-state index in [9.17, 15) is 8.42 Å². The smallest absolute Gasteiger partial charge is 0.178 e. The van der Waals surface area contributed by atoms with Crippen LogP contribution < -0.4 is 4.74 Å². The molecule has 0 spiro atoms. The molecular weight excluding hydrogens is 376 g/mol. The minimum atomic E-state index is -3.18. The molecule has 0 aliphatic carbocycles. The Morgan fingerprint density at radius 1 is 0.778 bits per heavy atom. The van der Waals surface area contributed by atoms with Crippen LogP contribution in [-0.4, -0.2) is 26.5 Å². The van der Waals surface area contributed by atoms with E-state index in [-0.39, 0.29) is 5.75 Å². The van der Waals surface area contributed by atoms with Gasteiger partial charge in [0.1, 0.15) is 5.75 Å². The van der Waals surface area contributed by atoms with Crippen LogP contribution in [0, 0.1) is 0 Å². The summed E-state index contributed by atoms with van der Waals surface area (Å²) in [6, 6.07) is 6.88. The van der Waals surface area contributed by atoms with Crippen molar-refractivity contribution in [3.05, 3.63) is 24.3 Å². The fourth-order valence-corrected chi connectivity index (χ4v) is 4.64. The minimum absolute atomic E-state index is 0.243. The average Bonchev–Trinajstić information content (AvgIpc) is 2.67. The van der Waals surface area contributed by atoms with E-state index in [1.807, 2.05) is 0 Å². The van der Waals surface area contributed by atoms with Crippen LogP contribution >= 0.6 is 12.6 Å². The van der Waals surface area contributed by atoms with Crippen molar-refractivity contribution in [1.29, 1.82) is 0 Å². The molecule has 0 unspecified atom stereocenters. The summed E-state index contributed by atoms with van der Waals surface area (Å²) in [5.41, 5.74) is 0. The van der Waals surface area contributed by atoms with Crippen molar-refractivity contribution in [1.82, 2.24) is 0 Å². The number of hydrogen-bond acceptors (Lipinski definition) is 4. The van der Waals surface area contributed by atoms with E-state index in [4.69, 9.17) is 4.74 Å². The van der Waals surface area contributed by atoms with Gasteiger partial charge in [0.05, 0.1) is 17.3 Å². The molecule has 0 aliphatic heterocycles. The number of sulfone groups is 1. The second kappa shape index (κ2) is 15.3. The first kappa shape index (κ1) is 24.4. The molecule has 1 aromatic rings. The molecule has 0 aliphatic rings. The van der Waals surface area contributed by atoms with Gasteiger partial charge in [0.25, 0.3) is 0 Å². The number of thiol groups is 1. The van der Waals surface area contributed by atoms with E-state index >= 15 is 0 Å². The topological polar surface area (TPSA) is 43.4 Å². The number of hydrogen-bond donors (Lipinski definition) is 1. The summed E-state index contributed by atoms with van der Waals surface area (Å²) in [5.74, 6) is 1.89. The highest BCUT2D eigenvalue weighted by molar-refractivity contribution is 7.91. The first-order chi connectivity index (χ1) is 13.1. The third-order valence-electron chi connectivity index (χ3n) is 4.77. The Kier molecular flexibility index (Phi) is 13.8. The highest BCUT2D eigenvalue weighted by Gasteiger charge is 2.13. The molecule has 0 atom stereocenters. The molecule has 0 radical (unpaired) electrons. The predicted molar refractivity (Wildman–Crippen MR) is 119 cm³/mol. The zero-order valence-corrected chi connectivity index (χ0v) is 18.7. The SMILES string of the molecule is CCCCCCCCCCCS(=O)(=O)c1ccc(OCCCCCS)cc1. The summed E-state index contributed by atoms with van der Waals surface area (Å²) >= 11 is 4.19. The Bertz CT molecular complexity index is 568. The Morgan fingerprint density at radius 2 is 1.33 bits per heavy atom. The van der Waals surface area contributed by atoms with Gasteiger partial charge in [-0.05, 0) is 55.7 Å².